The van der Waals surface area contributed by atoms with Gasteiger partial charge in [0, 0.05) is 23.6 Å². The molecule has 2 atom stereocenters. The Morgan fingerprint density at radius 2 is 2.00 bits per heavy atom. The third-order valence-corrected chi connectivity index (χ3v) is 4.67. The molecule has 2 nitrogen and oxygen atoms in total. The number of allylic oxidation sites excluding steroid dienone is 2. The van der Waals surface area contributed by atoms with Gasteiger partial charge in [0.1, 0.15) is 11.4 Å². The second kappa shape index (κ2) is 4.14. The Kier molecular flexibility index (Phi) is 2.50. The standard InChI is InChI=1S/C17H16FNO/c18-16-14-7-6-13(11-4-2-1-3-5-11)15(16)17(14,20)12-8-9-19-10-12/h1-7,12,19-20H,8-10H2. The van der Waals surface area contributed by atoms with Crippen molar-refractivity contribution in [1.82, 2.24) is 5.32 Å². The molecule has 1 aromatic carbocycles. The third kappa shape index (κ3) is 1.39. The predicted molar refractivity (Wildman–Crippen MR) is 76.6 cm³/mol. The van der Waals surface area contributed by atoms with E-state index < -0.39 is 5.60 Å². The number of hydrogen-bond donors (Lipinski definition) is 2. The van der Waals surface area contributed by atoms with Gasteiger partial charge in [-0.3, -0.25) is 0 Å². The molecular weight excluding hydrogens is 253 g/mol. The van der Waals surface area contributed by atoms with Crippen LogP contribution >= 0.6 is 0 Å². The van der Waals surface area contributed by atoms with Gasteiger partial charge in [-0.2, -0.15) is 0 Å². The lowest BCUT2D eigenvalue weighted by molar-refractivity contribution is 0.0437. The lowest BCUT2D eigenvalue weighted by Gasteiger charge is -2.48. The van der Waals surface area contributed by atoms with Crippen LogP contribution in [0, 0.1) is 5.92 Å². The van der Waals surface area contributed by atoms with Crippen molar-refractivity contribution in [3.8, 4) is 0 Å². The van der Waals surface area contributed by atoms with Crippen molar-refractivity contribution in [2.75, 3.05) is 13.1 Å². The van der Waals surface area contributed by atoms with Gasteiger partial charge >= 0.3 is 0 Å². The van der Waals surface area contributed by atoms with Crippen LogP contribution in [-0.2, 0) is 0 Å². The smallest absolute Gasteiger partial charge is 0.136 e. The van der Waals surface area contributed by atoms with E-state index in [0.29, 0.717) is 11.1 Å². The quantitative estimate of drug-likeness (QED) is 0.865. The molecule has 20 heavy (non-hydrogen) atoms. The fourth-order valence-corrected chi connectivity index (χ4v) is 3.61. The van der Waals surface area contributed by atoms with E-state index in [1.807, 2.05) is 36.4 Å². The number of halogens is 1. The van der Waals surface area contributed by atoms with Crippen molar-refractivity contribution >= 4 is 5.57 Å². The number of hydrogen-bond acceptors (Lipinski definition) is 2. The summed E-state index contributed by atoms with van der Waals surface area (Å²) in [6.45, 7) is 1.63. The van der Waals surface area contributed by atoms with E-state index in [2.05, 4.69) is 5.32 Å². The Morgan fingerprint density at radius 3 is 2.65 bits per heavy atom. The summed E-state index contributed by atoms with van der Waals surface area (Å²) in [6.07, 6.45) is 4.54. The molecule has 0 aromatic heterocycles. The molecular formula is C17H16FNO. The first-order chi connectivity index (χ1) is 9.73. The van der Waals surface area contributed by atoms with Crippen LogP contribution in [0.3, 0.4) is 0 Å². The Morgan fingerprint density at radius 1 is 1.20 bits per heavy atom. The van der Waals surface area contributed by atoms with Crippen LogP contribution in [0.4, 0.5) is 4.39 Å². The summed E-state index contributed by atoms with van der Waals surface area (Å²) in [7, 11) is 0. The van der Waals surface area contributed by atoms with E-state index in [9.17, 15) is 9.50 Å². The maximum atomic E-state index is 14.3. The third-order valence-electron chi connectivity index (χ3n) is 4.67. The molecule has 1 saturated heterocycles. The summed E-state index contributed by atoms with van der Waals surface area (Å²) in [5.74, 6) is -0.170. The Labute approximate surface area is 117 Å². The molecule has 2 aliphatic carbocycles. The van der Waals surface area contributed by atoms with Gasteiger partial charge in [0.25, 0.3) is 0 Å². The lowest BCUT2D eigenvalue weighted by Crippen LogP contribution is -2.51. The zero-order valence-corrected chi connectivity index (χ0v) is 11.1. The van der Waals surface area contributed by atoms with Crippen LogP contribution in [0.25, 0.3) is 5.57 Å². The number of benzene rings is 1. The van der Waals surface area contributed by atoms with E-state index >= 15 is 0 Å². The van der Waals surface area contributed by atoms with Crippen LogP contribution in [-0.4, -0.2) is 23.8 Å². The van der Waals surface area contributed by atoms with Gasteiger partial charge in [0.2, 0.25) is 0 Å². The highest BCUT2D eigenvalue weighted by Crippen LogP contribution is 2.57. The first-order valence-corrected chi connectivity index (χ1v) is 7.05. The fourth-order valence-electron chi connectivity index (χ4n) is 3.61. The SMILES string of the molecule is OC1(C2CCNC2)c2ccc(-c3ccccc3)c1c2F. The zero-order valence-electron chi connectivity index (χ0n) is 11.1. The van der Waals surface area contributed by atoms with Crippen molar-refractivity contribution in [1.29, 1.82) is 0 Å². The van der Waals surface area contributed by atoms with Gasteiger partial charge in [-0.1, -0.05) is 42.5 Å². The highest BCUT2D eigenvalue weighted by atomic mass is 19.1. The summed E-state index contributed by atoms with van der Waals surface area (Å²) >= 11 is 0. The lowest BCUT2D eigenvalue weighted by atomic mass is 9.60. The minimum absolute atomic E-state index is 0.0654. The van der Waals surface area contributed by atoms with Gasteiger partial charge in [0.15, 0.2) is 0 Å². The van der Waals surface area contributed by atoms with Crippen LogP contribution in [0.15, 0.2) is 59.5 Å². The summed E-state index contributed by atoms with van der Waals surface area (Å²) in [5, 5.41) is 14.3. The minimum atomic E-state index is -1.10. The number of nitrogens with one attached hydrogen (secondary N) is 1. The molecule has 2 N–H and O–H groups in total. The summed E-state index contributed by atoms with van der Waals surface area (Å²) in [6, 6.07) is 9.71. The Bertz CT molecular complexity index is 653. The minimum Gasteiger partial charge on any atom is -0.380 e. The average molecular weight is 269 g/mol. The first kappa shape index (κ1) is 12.1. The van der Waals surface area contributed by atoms with E-state index in [-0.39, 0.29) is 11.7 Å². The van der Waals surface area contributed by atoms with Crippen molar-refractivity contribution in [3.63, 3.8) is 0 Å². The molecule has 2 bridgehead atoms. The fraction of sp³-hybridized carbons (Fsp3) is 0.294. The van der Waals surface area contributed by atoms with E-state index in [1.54, 1.807) is 6.08 Å². The van der Waals surface area contributed by atoms with Crippen LogP contribution in [0.1, 0.15) is 12.0 Å². The monoisotopic (exact) mass is 269 g/mol. The molecule has 1 aliphatic heterocycles. The molecule has 1 aromatic rings. The van der Waals surface area contributed by atoms with Gasteiger partial charge in [-0.05, 0) is 24.1 Å². The molecule has 2 unspecified atom stereocenters. The largest absolute Gasteiger partial charge is 0.380 e. The Balaban J connectivity index is 1.79. The normalized spacial score (nSPS) is 31.8. The average Bonchev–Trinajstić information content (AvgIpc) is 3.03. The molecule has 0 radical (unpaired) electrons. The topological polar surface area (TPSA) is 32.3 Å². The highest BCUT2D eigenvalue weighted by molar-refractivity contribution is 5.92. The van der Waals surface area contributed by atoms with E-state index in [0.717, 1.165) is 30.6 Å². The number of rotatable bonds is 2. The van der Waals surface area contributed by atoms with Crippen LogP contribution < -0.4 is 5.32 Å². The molecule has 0 amide bonds. The van der Waals surface area contributed by atoms with Crippen molar-refractivity contribution in [2.24, 2.45) is 5.92 Å². The van der Waals surface area contributed by atoms with E-state index in [1.165, 1.54) is 0 Å². The van der Waals surface area contributed by atoms with Crippen LogP contribution in [0.5, 0.6) is 0 Å². The zero-order chi connectivity index (χ0) is 13.7. The van der Waals surface area contributed by atoms with Gasteiger partial charge < -0.3 is 10.4 Å². The molecule has 0 saturated carbocycles. The molecule has 0 spiro atoms. The van der Waals surface area contributed by atoms with Crippen molar-refractivity contribution < 1.29 is 9.50 Å². The molecule has 3 aliphatic rings. The molecule has 102 valence electrons. The van der Waals surface area contributed by atoms with Crippen molar-refractivity contribution in [2.45, 2.75) is 12.0 Å². The molecule has 1 heterocycles. The van der Waals surface area contributed by atoms with E-state index in [4.69, 9.17) is 0 Å². The summed E-state index contributed by atoms with van der Waals surface area (Å²) < 4.78 is 14.3. The second-order valence-electron chi connectivity index (χ2n) is 5.67. The van der Waals surface area contributed by atoms with Crippen LogP contribution in [0.2, 0.25) is 0 Å². The Hall–Kier alpha value is -1.71. The highest BCUT2D eigenvalue weighted by Gasteiger charge is 2.57. The van der Waals surface area contributed by atoms with Gasteiger partial charge in [-0.25, -0.2) is 4.39 Å². The maximum Gasteiger partial charge on any atom is 0.136 e. The first-order valence-electron chi connectivity index (χ1n) is 7.05. The summed E-state index contributed by atoms with van der Waals surface area (Å²) in [4.78, 5) is 0. The summed E-state index contributed by atoms with van der Waals surface area (Å²) in [5.41, 5.74) is 1.60. The molecule has 3 heteroatoms. The van der Waals surface area contributed by atoms with Gasteiger partial charge in [-0.15, -0.1) is 0 Å². The maximum absolute atomic E-state index is 14.3. The molecule has 4 rings (SSSR count). The second-order valence-corrected chi connectivity index (χ2v) is 5.67. The number of aliphatic hydroxyl groups is 1. The van der Waals surface area contributed by atoms with Gasteiger partial charge in [0.05, 0.1) is 0 Å². The van der Waals surface area contributed by atoms with Crippen molar-refractivity contribution in [3.05, 3.63) is 65.0 Å². The number of fused-ring (bicyclic) bond motifs is 2. The molecule has 1 fully saturated rings. The predicted octanol–water partition coefficient (Wildman–Crippen LogP) is 2.59.